The van der Waals surface area contributed by atoms with Gasteiger partial charge >= 0.3 is 0 Å². The molecule has 0 saturated heterocycles. The average Bonchev–Trinajstić information content (AvgIpc) is 2.75. The van der Waals surface area contributed by atoms with E-state index < -0.39 is 0 Å². The minimum Gasteiger partial charge on any atom is -0.311 e. The first-order valence-electron chi connectivity index (χ1n) is 7.76. The Balaban J connectivity index is 2.23. The summed E-state index contributed by atoms with van der Waals surface area (Å²) in [5.41, 5.74) is 1.83. The van der Waals surface area contributed by atoms with E-state index in [0.29, 0.717) is 23.4 Å². The number of hydrogen-bond acceptors (Lipinski definition) is 2. The molecule has 0 radical (unpaired) electrons. The lowest BCUT2D eigenvalue weighted by Crippen LogP contribution is -2.33. The van der Waals surface area contributed by atoms with E-state index >= 15 is 0 Å². The third-order valence-electron chi connectivity index (χ3n) is 4.74. The van der Waals surface area contributed by atoms with Gasteiger partial charge in [-0.2, -0.15) is 5.10 Å². The highest BCUT2D eigenvalue weighted by Crippen LogP contribution is 2.43. The van der Waals surface area contributed by atoms with Crippen LogP contribution in [0.4, 0.5) is 0 Å². The summed E-state index contributed by atoms with van der Waals surface area (Å²) < 4.78 is 3.29. The van der Waals surface area contributed by atoms with Crippen molar-refractivity contribution in [1.29, 1.82) is 0 Å². The molecule has 1 N–H and O–H groups in total. The monoisotopic (exact) mass is 341 g/mol. The molecule has 0 spiro atoms. The predicted octanol–water partition coefficient (Wildman–Crippen LogP) is 4.70. The van der Waals surface area contributed by atoms with E-state index in [9.17, 15) is 0 Å². The Morgan fingerprint density at radius 1 is 1.35 bits per heavy atom. The van der Waals surface area contributed by atoms with Crippen molar-refractivity contribution >= 4 is 15.9 Å². The van der Waals surface area contributed by atoms with Gasteiger partial charge in [0.25, 0.3) is 0 Å². The molecule has 1 heterocycles. The van der Waals surface area contributed by atoms with Crippen LogP contribution in [-0.2, 0) is 0 Å². The molecule has 0 amide bonds. The summed E-state index contributed by atoms with van der Waals surface area (Å²) in [5, 5.41) is 8.08. The zero-order valence-corrected chi connectivity index (χ0v) is 15.0. The van der Waals surface area contributed by atoms with Gasteiger partial charge in [0, 0.05) is 6.04 Å². The van der Waals surface area contributed by atoms with Gasteiger partial charge in [0.05, 0.1) is 22.4 Å². The van der Waals surface area contributed by atoms with Crippen molar-refractivity contribution in [2.45, 2.75) is 65.5 Å². The molecule has 1 fully saturated rings. The summed E-state index contributed by atoms with van der Waals surface area (Å²) in [6, 6.07) is 0.789. The maximum atomic E-state index is 4.54. The zero-order chi connectivity index (χ0) is 14.9. The topological polar surface area (TPSA) is 29.9 Å². The van der Waals surface area contributed by atoms with Crippen molar-refractivity contribution in [2.75, 3.05) is 7.05 Å². The summed E-state index contributed by atoms with van der Waals surface area (Å²) in [7, 11) is 2.08. The van der Waals surface area contributed by atoms with Crippen LogP contribution in [0, 0.1) is 11.3 Å². The smallest absolute Gasteiger partial charge is 0.0701 e. The van der Waals surface area contributed by atoms with Gasteiger partial charge in [-0.3, -0.25) is 4.68 Å². The molecule has 2 rings (SSSR count). The van der Waals surface area contributed by atoms with Crippen LogP contribution in [0.25, 0.3) is 0 Å². The lowest BCUT2D eigenvalue weighted by Gasteiger charge is -2.38. The summed E-state index contributed by atoms with van der Waals surface area (Å²) >= 11 is 3.69. The molecule has 1 aliphatic rings. The number of hydrogen-bond donors (Lipinski definition) is 1. The fourth-order valence-electron chi connectivity index (χ4n) is 3.40. The third-order valence-corrected chi connectivity index (χ3v) is 5.35. The van der Waals surface area contributed by atoms with E-state index in [1.54, 1.807) is 0 Å². The molecule has 4 heteroatoms. The molecule has 3 nitrogen and oxygen atoms in total. The number of aromatic nitrogens is 2. The quantitative estimate of drug-likeness (QED) is 0.859. The molecular formula is C16H28BrN3. The van der Waals surface area contributed by atoms with Crippen LogP contribution in [0.5, 0.6) is 0 Å². The highest BCUT2D eigenvalue weighted by Gasteiger charge is 2.34. The Morgan fingerprint density at radius 3 is 2.45 bits per heavy atom. The van der Waals surface area contributed by atoms with Crippen LogP contribution in [-0.4, -0.2) is 16.8 Å². The van der Waals surface area contributed by atoms with Gasteiger partial charge in [0.2, 0.25) is 0 Å². The number of nitrogens with one attached hydrogen (secondary N) is 1. The van der Waals surface area contributed by atoms with Gasteiger partial charge in [-0.1, -0.05) is 13.8 Å². The van der Waals surface area contributed by atoms with Crippen LogP contribution in [0.2, 0.25) is 0 Å². The van der Waals surface area contributed by atoms with E-state index in [-0.39, 0.29) is 0 Å². The Labute approximate surface area is 131 Å². The lowest BCUT2D eigenvalue weighted by atomic mass is 9.70. The third kappa shape index (κ3) is 3.28. The van der Waals surface area contributed by atoms with Gasteiger partial charge < -0.3 is 5.32 Å². The predicted molar refractivity (Wildman–Crippen MR) is 87.9 cm³/mol. The Bertz CT molecular complexity index is 441. The Hall–Kier alpha value is -0.350. The molecule has 1 aliphatic carbocycles. The van der Waals surface area contributed by atoms with Crippen molar-refractivity contribution in [3.63, 3.8) is 0 Å². The molecule has 114 valence electrons. The molecule has 1 saturated carbocycles. The first-order chi connectivity index (χ1) is 9.35. The highest BCUT2D eigenvalue weighted by molar-refractivity contribution is 9.10. The van der Waals surface area contributed by atoms with Crippen molar-refractivity contribution < 1.29 is 0 Å². The second-order valence-electron chi connectivity index (χ2n) is 7.18. The Morgan fingerprint density at radius 2 is 1.95 bits per heavy atom. The molecule has 1 aromatic rings. The van der Waals surface area contributed by atoms with Crippen molar-refractivity contribution in [3.8, 4) is 0 Å². The largest absolute Gasteiger partial charge is 0.311 e. The maximum absolute atomic E-state index is 4.54. The van der Waals surface area contributed by atoms with Crippen LogP contribution >= 0.6 is 15.9 Å². The fourth-order valence-corrected chi connectivity index (χ4v) is 3.92. The molecule has 0 aliphatic heterocycles. The van der Waals surface area contributed by atoms with E-state index in [1.165, 1.54) is 31.4 Å². The van der Waals surface area contributed by atoms with Crippen molar-refractivity contribution in [1.82, 2.24) is 15.1 Å². The van der Waals surface area contributed by atoms with Gasteiger partial charge in [0.1, 0.15) is 0 Å². The zero-order valence-electron chi connectivity index (χ0n) is 13.4. The highest BCUT2D eigenvalue weighted by atomic mass is 79.9. The SMILES string of the molecule is CNC(c1c(Br)cnn1C(C)C)C1CCC(C)(C)CC1. The number of rotatable bonds is 4. The second-order valence-corrected chi connectivity index (χ2v) is 8.04. The fraction of sp³-hybridized carbons (Fsp3) is 0.812. The molecular weight excluding hydrogens is 314 g/mol. The summed E-state index contributed by atoms with van der Waals surface area (Å²) in [4.78, 5) is 0. The maximum Gasteiger partial charge on any atom is 0.0701 e. The van der Waals surface area contributed by atoms with Crippen LogP contribution < -0.4 is 5.32 Å². The normalized spacial score (nSPS) is 21.4. The van der Waals surface area contributed by atoms with Crippen LogP contribution in [0.15, 0.2) is 10.7 Å². The van der Waals surface area contributed by atoms with Gasteiger partial charge in [0.15, 0.2) is 0 Å². The van der Waals surface area contributed by atoms with E-state index in [1.807, 2.05) is 6.20 Å². The molecule has 1 atom stereocenters. The molecule has 1 unspecified atom stereocenters. The minimum atomic E-state index is 0.394. The van der Waals surface area contributed by atoms with Crippen LogP contribution in [0.3, 0.4) is 0 Å². The average molecular weight is 342 g/mol. The van der Waals surface area contributed by atoms with Crippen molar-refractivity contribution in [2.24, 2.45) is 11.3 Å². The van der Waals surface area contributed by atoms with E-state index in [4.69, 9.17) is 0 Å². The number of nitrogens with zero attached hydrogens (tertiary/aromatic N) is 2. The standard InChI is InChI=1S/C16H28BrN3/c1-11(2)20-15(13(17)10-19-20)14(18-5)12-6-8-16(3,4)9-7-12/h10-12,14,18H,6-9H2,1-5H3. The van der Waals surface area contributed by atoms with Crippen LogP contribution in [0.1, 0.15) is 71.2 Å². The first-order valence-corrected chi connectivity index (χ1v) is 8.55. The van der Waals surface area contributed by atoms with Crippen molar-refractivity contribution in [3.05, 3.63) is 16.4 Å². The minimum absolute atomic E-state index is 0.394. The summed E-state index contributed by atoms with van der Waals surface area (Å²) in [5.74, 6) is 0.707. The molecule has 0 bridgehead atoms. The molecule has 1 aromatic heterocycles. The van der Waals surface area contributed by atoms with Gasteiger partial charge in [-0.05, 0) is 73.8 Å². The van der Waals surface area contributed by atoms with Gasteiger partial charge in [-0.25, -0.2) is 0 Å². The molecule has 20 heavy (non-hydrogen) atoms. The number of halogens is 1. The second kappa shape index (κ2) is 6.18. The molecule has 0 aromatic carbocycles. The first kappa shape index (κ1) is 16.0. The van der Waals surface area contributed by atoms with Gasteiger partial charge in [-0.15, -0.1) is 0 Å². The van der Waals surface area contributed by atoms with E-state index in [0.717, 1.165) is 4.47 Å². The summed E-state index contributed by atoms with van der Waals surface area (Å²) in [6.07, 6.45) is 7.18. The lowest BCUT2D eigenvalue weighted by molar-refractivity contribution is 0.160. The van der Waals surface area contributed by atoms with E-state index in [2.05, 4.69) is 65.8 Å². The summed E-state index contributed by atoms with van der Waals surface area (Å²) in [6.45, 7) is 9.18. The Kier molecular flexibility index (Phi) is 4.96.